The van der Waals surface area contributed by atoms with Crippen LogP contribution in [0.25, 0.3) is 0 Å². The topological polar surface area (TPSA) is 64.3 Å². The number of carbonyl (C=O) groups excluding carboxylic acids is 1. The summed E-state index contributed by atoms with van der Waals surface area (Å²) >= 11 is 0. The number of hydrogen-bond acceptors (Lipinski definition) is 3. The molecule has 1 aromatic rings. The van der Waals surface area contributed by atoms with Gasteiger partial charge in [-0.3, -0.25) is 4.79 Å². The van der Waals surface area contributed by atoms with Gasteiger partial charge in [-0.2, -0.15) is 0 Å². The molecule has 0 spiro atoms. The molecular weight excluding hydrogens is 240 g/mol. The molecule has 0 saturated carbocycles. The van der Waals surface area contributed by atoms with Gasteiger partial charge in [0.2, 0.25) is 5.91 Å². The van der Waals surface area contributed by atoms with Gasteiger partial charge < -0.3 is 15.8 Å². The Morgan fingerprint density at radius 1 is 1.42 bits per heavy atom. The van der Waals surface area contributed by atoms with Crippen LogP contribution in [-0.2, 0) is 16.0 Å². The predicted octanol–water partition coefficient (Wildman–Crippen LogP) is 1.27. The molecule has 4 nitrogen and oxygen atoms in total. The molecule has 0 unspecified atom stereocenters. The minimum atomic E-state index is -0.524. The minimum absolute atomic E-state index is 0.150. The maximum atomic E-state index is 11.7. The quantitative estimate of drug-likeness (QED) is 0.547. The molecule has 0 aliphatic heterocycles. The summed E-state index contributed by atoms with van der Waals surface area (Å²) < 4.78 is 5.29. The number of ether oxygens (including phenoxy) is 1. The zero-order valence-electron chi connectivity index (χ0n) is 11.4. The fourth-order valence-electron chi connectivity index (χ4n) is 1.58. The molecule has 4 heteroatoms. The highest BCUT2D eigenvalue weighted by Gasteiger charge is 2.12. The van der Waals surface area contributed by atoms with E-state index in [1.54, 1.807) is 0 Å². The van der Waals surface area contributed by atoms with Gasteiger partial charge in [0.25, 0.3) is 0 Å². The minimum Gasteiger partial charge on any atom is -0.375 e. The Morgan fingerprint density at radius 2 is 2.11 bits per heavy atom. The smallest absolute Gasteiger partial charge is 0.237 e. The number of carbonyl (C=O) groups is 1. The number of benzene rings is 1. The maximum Gasteiger partial charge on any atom is 0.237 e. The molecule has 0 aliphatic carbocycles. The van der Waals surface area contributed by atoms with Crippen molar-refractivity contribution in [2.45, 2.75) is 19.4 Å². The highest BCUT2D eigenvalue weighted by molar-refractivity contribution is 5.81. The van der Waals surface area contributed by atoms with E-state index in [-0.39, 0.29) is 5.91 Å². The second-order valence-corrected chi connectivity index (χ2v) is 4.60. The number of hydrogen-bond donors (Lipinski definition) is 2. The molecule has 1 aromatic carbocycles. The monoisotopic (exact) mass is 262 g/mol. The van der Waals surface area contributed by atoms with Gasteiger partial charge in [-0.05, 0) is 18.9 Å². The molecule has 0 radical (unpaired) electrons. The Morgan fingerprint density at radius 3 is 2.74 bits per heavy atom. The third-order valence-corrected chi connectivity index (χ3v) is 2.53. The standard InChI is InChI=1S/C15H22N2O2/c1-12(2)11-19-9-8-17-15(18)14(16)10-13-6-4-3-5-7-13/h3-7,14H,1,8-11,16H2,2H3,(H,17,18)/t14-/m0/s1. The zero-order valence-corrected chi connectivity index (χ0v) is 11.4. The van der Waals surface area contributed by atoms with E-state index in [2.05, 4.69) is 11.9 Å². The molecule has 19 heavy (non-hydrogen) atoms. The fraction of sp³-hybridized carbons (Fsp3) is 0.400. The Bertz CT molecular complexity index is 404. The molecule has 0 aromatic heterocycles. The molecule has 1 amide bonds. The van der Waals surface area contributed by atoms with Crippen LogP contribution in [0.2, 0.25) is 0 Å². The molecule has 0 fully saturated rings. The van der Waals surface area contributed by atoms with E-state index in [4.69, 9.17) is 10.5 Å². The van der Waals surface area contributed by atoms with Crippen molar-refractivity contribution in [1.82, 2.24) is 5.32 Å². The van der Waals surface area contributed by atoms with Crippen LogP contribution in [0, 0.1) is 0 Å². The van der Waals surface area contributed by atoms with Crippen molar-refractivity contribution in [3.63, 3.8) is 0 Å². The number of nitrogens with one attached hydrogen (secondary N) is 1. The first-order valence-corrected chi connectivity index (χ1v) is 6.39. The molecule has 0 aliphatic rings. The Kier molecular flexibility index (Phi) is 6.85. The van der Waals surface area contributed by atoms with Gasteiger partial charge in [0.05, 0.1) is 19.3 Å². The number of rotatable bonds is 8. The first-order chi connectivity index (χ1) is 9.09. The SMILES string of the molecule is C=C(C)COCCNC(=O)[C@@H](N)Cc1ccccc1. The van der Waals surface area contributed by atoms with Gasteiger partial charge in [-0.25, -0.2) is 0 Å². The predicted molar refractivity (Wildman–Crippen MR) is 76.8 cm³/mol. The maximum absolute atomic E-state index is 11.7. The van der Waals surface area contributed by atoms with Crippen LogP contribution in [-0.4, -0.2) is 31.7 Å². The molecule has 1 atom stereocenters. The summed E-state index contributed by atoms with van der Waals surface area (Å²) in [7, 11) is 0. The highest BCUT2D eigenvalue weighted by atomic mass is 16.5. The second kappa shape index (κ2) is 8.45. The van der Waals surface area contributed by atoms with E-state index in [0.717, 1.165) is 11.1 Å². The first kappa shape index (κ1) is 15.4. The van der Waals surface area contributed by atoms with Crippen molar-refractivity contribution in [3.8, 4) is 0 Å². The normalized spacial score (nSPS) is 11.9. The van der Waals surface area contributed by atoms with Crippen molar-refractivity contribution in [1.29, 1.82) is 0 Å². The summed E-state index contributed by atoms with van der Waals surface area (Å²) in [5.41, 5.74) is 7.87. The lowest BCUT2D eigenvalue weighted by atomic mass is 10.1. The third kappa shape index (κ3) is 6.74. The van der Waals surface area contributed by atoms with E-state index in [0.29, 0.717) is 26.2 Å². The highest BCUT2D eigenvalue weighted by Crippen LogP contribution is 2.01. The Hall–Kier alpha value is -1.65. The van der Waals surface area contributed by atoms with Gasteiger partial charge in [0.15, 0.2) is 0 Å². The van der Waals surface area contributed by atoms with E-state index in [1.807, 2.05) is 37.3 Å². The Balaban J connectivity index is 2.20. The van der Waals surface area contributed by atoms with Crippen LogP contribution in [0.15, 0.2) is 42.5 Å². The molecule has 0 saturated heterocycles. The summed E-state index contributed by atoms with van der Waals surface area (Å²) in [6.07, 6.45) is 0.541. The summed E-state index contributed by atoms with van der Waals surface area (Å²) in [4.78, 5) is 11.7. The largest absolute Gasteiger partial charge is 0.375 e. The molecule has 0 heterocycles. The average Bonchev–Trinajstić information content (AvgIpc) is 2.38. The van der Waals surface area contributed by atoms with Crippen molar-refractivity contribution in [2.75, 3.05) is 19.8 Å². The number of amides is 1. The van der Waals surface area contributed by atoms with Crippen molar-refractivity contribution in [2.24, 2.45) is 5.73 Å². The zero-order chi connectivity index (χ0) is 14.1. The van der Waals surface area contributed by atoms with E-state index in [9.17, 15) is 4.79 Å². The molecule has 1 rings (SSSR count). The fourth-order valence-corrected chi connectivity index (χ4v) is 1.58. The first-order valence-electron chi connectivity index (χ1n) is 6.39. The molecule has 3 N–H and O–H groups in total. The van der Waals surface area contributed by atoms with E-state index in [1.165, 1.54) is 0 Å². The van der Waals surface area contributed by atoms with Gasteiger partial charge in [0.1, 0.15) is 0 Å². The summed E-state index contributed by atoms with van der Waals surface area (Å²) in [5, 5.41) is 2.76. The van der Waals surface area contributed by atoms with Crippen molar-refractivity contribution >= 4 is 5.91 Å². The van der Waals surface area contributed by atoms with Crippen LogP contribution >= 0.6 is 0 Å². The van der Waals surface area contributed by atoms with Gasteiger partial charge in [0, 0.05) is 6.54 Å². The lowest BCUT2D eigenvalue weighted by Gasteiger charge is -2.12. The van der Waals surface area contributed by atoms with E-state index >= 15 is 0 Å². The van der Waals surface area contributed by atoms with Crippen LogP contribution in [0.1, 0.15) is 12.5 Å². The van der Waals surface area contributed by atoms with E-state index < -0.39 is 6.04 Å². The summed E-state index contributed by atoms with van der Waals surface area (Å²) in [6.45, 7) is 7.08. The van der Waals surface area contributed by atoms with Crippen molar-refractivity contribution < 1.29 is 9.53 Å². The van der Waals surface area contributed by atoms with Crippen LogP contribution in [0.3, 0.4) is 0 Å². The lowest BCUT2D eigenvalue weighted by Crippen LogP contribution is -2.43. The van der Waals surface area contributed by atoms with Crippen LogP contribution in [0.4, 0.5) is 0 Å². The lowest BCUT2D eigenvalue weighted by molar-refractivity contribution is -0.122. The van der Waals surface area contributed by atoms with Gasteiger partial charge in [-0.1, -0.05) is 42.5 Å². The van der Waals surface area contributed by atoms with Gasteiger partial charge in [-0.15, -0.1) is 0 Å². The summed E-state index contributed by atoms with van der Waals surface area (Å²) in [5.74, 6) is -0.150. The average molecular weight is 262 g/mol. The third-order valence-electron chi connectivity index (χ3n) is 2.53. The van der Waals surface area contributed by atoms with Crippen LogP contribution < -0.4 is 11.1 Å². The molecular formula is C15H22N2O2. The van der Waals surface area contributed by atoms with Crippen molar-refractivity contribution in [3.05, 3.63) is 48.0 Å². The van der Waals surface area contributed by atoms with Crippen LogP contribution in [0.5, 0.6) is 0 Å². The second-order valence-electron chi connectivity index (χ2n) is 4.60. The van der Waals surface area contributed by atoms with Gasteiger partial charge >= 0.3 is 0 Å². The Labute approximate surface area is 114 Å². The molecule has 0 bridgehead atoms. The number of nitrogens with two attached hydrogens (primary N) is 1. The summed E-state index contributed by atoms with van der Waals surface area (Å²) in [6, 6.07) is 9.21. The molecule has 104 valence electrons.